The summed E-state index contributed by atoms with van der Waals surface area (Å²) in [4.78, 5) is 15.6. The Balaban J connectivity index is 1.45. The number of ether oxygens (including phenoxy) is 1. The SMILES string of the molecule is COc1cc(Nc2ccccc2)cnc1-c1ccc(C2CCC(CC(=O)O)CC2)cc1. The van der Waals surface area contributed by atoms with E-state index in [9.17, 15) is 4.79 Å². The molecule has 0 bridgehead atoms. The molecule has 1 saturated carbocycles. The monoisotopic (exact) mass is 416 g/mol. The number of nitrogens with zero attached hydrogens (tertiary/aromatic N) is 1. The highest BCUT2D eigenvalue weighted by Gasteiger charge is 2.24. The predicted octanol–water partition coefficient (Wildman–Crippen LogP) is 6.25. The van der Waals surface area contributed by atoms with Gasteiger partial charge in [-0.25, -0.2) is 0 Å². The van der Waals surface area contributed by atoms with Crippen LogP contribution in [0, 0.1) is 5.92 Å². The average molecular weight is 417 g/mol. The molecular weight excluding hydrogens is 388 g/mol. The van der Waals surface area contributed by atoms with Crippen molar-refractivity contribution in [3.05, 3.63) is 72.4 Å². The van der Waals surface area contributed by atoms with Crippen molar-refractivity contribution in [2.45, 2.75) is 38.0 Å². The van der Waals surface area contributed by atoms with Gasteiger partial charge >= 0.3 is 5.97 Å². The summed E-state index contributed by atoms with van der Waals surface area (Å²) < 4.78 is 5.62. The van der Waals surface area contributed by atoms with Crippen molar-refractivity contribution >= 4 is 17.3 Å². The quantitative estimate of drug-likeness (QED) is 0.476. The summed E-state index contributed by atoms with van der Waals surface area (Å²) in [7, 11) is 1.66. The normalized spacial score (nSPS) is 18.4. The molecule has 0 amide bonds. The number of rotatable bonds is 7. The fourth-order valence-electron chi connectivity index (χ4n) is 4.43. The summed E-state index contributed by atoms with van der Waals surface area (Å²) in [6, 6.07) is 20.5. The lowest BCUT2D eigenvalue weighted by atomic mass is 9.77. The topological polar surface area (TPSA) is 71.5 Å². The number of aliphatic carboxylic acids is 1. The third-order valence-corrected chi connectivity index (χ3v) is 6.10. The van der Waals surface area contributed by atoms with Gasteiger partial charge in [-0.15, -0.1) is 0 Å². The smallest absolute Gasteiger partial charge is 0.303 e. The second-order valence-corrected chi connectivity index (χ2v) is 8.20. The lowest BCUT2D eigenvalue weighted by molar-refractivity contribution is -0.138. The molecule has 0 unspecified atom stereocenters. The molecule has 0 aliphatic heterocycles. The van der Waals surface area contributed by atoms with Crippen molar-refractivity contribution in [1.29, 1.82) is 0 Å². The molecule has 2 aromatic carbocycles. The molecule has 1 aliphatic carbocycles. The van der Waals surface area contributed by atoms with Gasteiger partial charge in [0.05, 0.1) is 19.0 Å². The first kappa shape index (κ1) is 20.9. The number of benzene rings is 2. The van der Waals surface area contributed by atoms with Crippen LogP contribution in [0.25, 0.3) is 11.3 Å². The molecule has 5 heteroatoms. The van der Waals surface area contributed by atoms with Crippen molar-refractivity contribution in [3.8, 4) is 17.0 Å². The first-order chi connectivity index (χ1) is 15.1. The van der Waals surface area contributed by atoms with Crippen molar-refractivity contribution in [3.63, 3.8) is 0 Å². The first-order valence-corrected chi connectivity index (χ1v) is 10.8. The van der Waals surface area contributed by atoms with Crippen molar-refractivity contribution < 1.29 is 14.6 Å². The maximum atomic E-state index is 10.9. The fourth-order valence-corrected chi connectivity index (χ4v) is 4.43. The second kappa shape index (κ2) is 9.65. The third kappa shape index (κ3) is 5.23. The van der Waals surface area contributed by atoms with Crippen LogP contribution in [0.5, 0.6) is 5.75 Å². The van der Waals surface area contributed by atoms with Gasteiger partial charge in [0.15, 0.2) is 0 Å². The number of methoxy groups -OCH3 is 1. The van der Waals surface area contributed by atoms with Crippen LogP contribution in [0.3, 0.4) is 0 Å². The first-order valence-electron chi connectivity index (χ1n) is 10.8. The molecular formula is C26H28N2O3. The van der Waals surface area contributed by atoms with Gasteiger partial charge in [0.1, 0.15) is 11.4 Å². The van der Waals surface area contributed by atoms with Crippen LogP contribution in [0.4, 0.5) is 11.4 Å². The van der Waals surface area contributed by atoms with Crippen LogP contribution < -0.4 is 10.1 Å². The summed E-state index contributed by atoms with van der Waals surface area (Å²) in [6.45, 7) is 0. The Morgan fingerprint density at radius 3 is 2.39 bits per heavy atom. The number of para-hydroxylation sites is 1. The Morgan fingerprint density at radius 2 is 1.74 bits per heavy atom. The lowest BCUT2D eigenvalue weighted by Gasteiger charge is -2.28. The minimum Gasteiger partial charge on any atom is -0.494 e. The van der Waals surface area contributed by atoms with Crippen molar-refractivity contribution in [2.24, 2.45) is 5.92 Å². The molecule has 0 atom stereocenters. The van der Waals surface area contributed by atoms with Crippen molar-refractivity contribution in [1.82, 2.24) is 4.98 Å². The van der Waals surface area contributed by atoms with Crippen LogP contribution in [0.2, 0.25) is 0 Å². The zero-order valence-corrected chi connectivity index (χ0v) is 17.8. The summed E-state index contributed by atoms with van der Waals surface area (Å²) in [5.41, 5.74) is 5.03. The van der Waals surface area contributed by atoms with E-state index in [4.69, 9.17) is 9.84 Å². The Kier molecular flexibility index (Phi) is 6.51. The number of carboxylic acid groups (broad SMARTS) is 1. The minimum absolute atomic E-state index is 0.298. The molecule has 0 radical (unpaired) electrons. The fraction of sp³-hybridized carbons (Fsp3) is 0.308. The molecule has 160 valence electrons. The Morgan fingerprint density at radius 1 is 1.03 bits per heavy atom. The summed E-state index contributed by atoms with van der Waals surface area (Å²) in [6.07, 6.45) is 6.21. The standard InChI is InChI=1S/C26H28N2O3/c1-31-24-16-23(28-22-5-3-2-4-6-22)17-27-26(24)21-13-11-20(12-14-21)19-9-7-18(8-10-19)15-25(29)30/h2-6,11-14,16-19,28H,7-10,15H2,1H3,(H,29,30). The van der Waals surface area contributed by atoms with Crippen LogP contribution in [0.1, 0.15) is 43.6 Å². The molecule has 5 nitrogen and oxygen atoms in total. The second-order valence-electron chi connectivity index (χ2n) is 8.20. The van der Waals surface area contributed by atoms with Gasteiger partial charge in [-0.2, -0.15) is 0 Å². The molecule has 1 aromatic heterocycles. The van der Waals surface area contributed by atoms with E-state index in [0.717, 1.165) is 54.1 Å². The van der Waals surface area contributed by atoms with Gasteiger partial charge in [0.25, 0.3) is 0 Å². The number of carbonyl (C=O) groups is 1. The Bertz CT molecular complexity index is 1010. The average Bonchev–Trinajstić information content (AvgIpc) is 2.80. The van der Waals surface area contributed by atoms with Gasteiger partial charge in [-0.1, -0.05) is 42.5 Å². The molecule has 4 rings (SSSR count). The highest BCUT2D eigenvalue weighted by atomic mass is 16.5. The van der Waals surface area contributed by atoms with Gasteiger partial charge in [0, 0.05) is 23.7 Å². The largest absolute Gasteiger partial charge is 0.494 e. The molecule has 3 aromatic rings. The van der Waals surface area contributed by atoms with E-state index < -0.39 is 5.97 Å². The lowest BCUT2D eigenvalue weighted by Crippen LogP contribution is -2.16. The molecule has 1 heterocycles. The van der Waals surface area contributed by atoms with E-state index in [1.165, 1.54) is 5.56 Å². The van der Waals surface area contributed by atoms with E-state index in [1.807, 2.05) is 42.6 Å². The van der Waals surface area contributed by atoms with Gasteiger partial charge < -0.3 is 15.2 Å². The molecule has 1 aliphatic rings. The highest BCUT2D eigenvalue weighted by Crippen LogP contribution is 2.38. The minimum atomic E-state index is -0.681. The van der Waals surface area contributed by atoms with Crippen LogP contribution >= 0.6 is 0 Å². The van der Waals surface area contributed by atoms with Crippen LogP contribution in [-0.4, -0.2) is 23.2 Å². The maximum absolute atomic E-state index is 10.9. The zero-order valence-electron chi connectivity index (χ0n) is 17.8. The molecule has 0 saturated heterocycles. The van der Waals surface area contributed by atoms with E-state index >= 15 is 0 Å². The van der Waals surface area contributed by atoms with E-state index in [0.29, 0.717) is 18.3 Å². The van der Waals surface area contributed by atoms with Gasteiger partial charge in [0.2, 0.25) is 0 Å². The molecule has 0 spiro atoms. The Hall–Kier alpha value is -3.34. The molecule has 2 N–H and O–H groups in total. The van der Waals surface area contributed by atoms with E-state index in [-0.39, 0.29) is 0 Å². The summed E-state index contributed by atoms with van der Waals surface area (Å²) >= 11 is 0. The third-order valence-electron chi connectivity index (χ3n) is 6.10. The molecule has 31 heavy (non-hydrogen) atoms. The number of aromatic nitrogens is 1. The predicted molar refractivity (Wildman–Crippen MR) is 123 cm³/mol. The van der Waals surface area contributed by atoms with E-state index in [1.54, 1.807) is 7.11 Å². The number of carboxylic acids is 1. The highest BCUT2D eigenvalue weighted by molar-refractivity contribution is 5.71. The van der Waals surface area contributed by atoms with Gasteiger partial charge in [-0.05, 0) is 55.2 Å². The number of pyridine rings is 1. The number of hydrogen-bond donors (Lipinski definition) is 2. The van der Waals surface area contributed by atoms with Crippen LogP contribution in [0.15, 0.2) is 66.9 Å². The van der Waals surface area contributed by atoms with Crippen LogP contribution in [-0.2, 0) is 4.79 Å². The zero-order chi connectivity index (χ0) is 21.6. The van der Waals surface area contributed by atoms with Gasteiger partial charge in [-0.3, -0.25) is 9.78 Å². The maximum Gasteiger partial charge on any atom is 0.303 e. The Labute approximate surface area is 183 Å². The molecule has 1 fully saturated rings. The van der Waals surface area contributed by atoms with Crippen molar-refractivity contribution in [2.75, 3.05) is 12.4 Å². The summed E-state index contributed by atoms with van der Waals surface area (Å²) in [5, 5.41) is 12.3. The van der Waals surface area contributed by atoms with E-state index in [2.05, 4.69) is 34.6 Å². The summed E-state index contributed by atoms with van der Waals surface area (Å²) in [5.74, 6) is 0.873. The number of nitrogens with one attached hydrogen (secondary N) is 1. The number of hydrogen-bond acceptors (Lipinski definition) is 4. The number of anilines is 2.